The molecule has 1 aromatic carbocycles. The second-order valence-electron chi connectivity index (χ2n) is 4.28. The maximum Gasteiger partial charge on any atom is 0.138 e. The fraction of sp³-hybridized carbons (Fsp3) is 0.571. The molecule has 1 atom stereocenters. The van der Waals surface area contributed by atoms with Crippen LogP contribution < -0.4 is 10.1 Å². The summed E-state index contributed by atoms with van der Waals surface area (Å²) in [5.74, 6) is 0.757. The molecule has 0 bridgehead atoms. The van der Waals surface area contributed by atoms with Crippen LogP contribution in [-0.4, -0.2) is 18.7 Å². The van der Waals surface area contributed by atoms with Gasteiger partial charge in [-0.2, -0.15) is 0 Å². The lowest BCUT2D eigenvalue weighted by Crippen LogP contribution is -2.36. The average molecular weight is 256 g/mol. The molecule has 1 N–H and O–H groups in total. The molecule has 0 saturated heterocycles. The number of hydrogen-bond acceptors (Lipinski definition) is 2. The van der Waals surface area contributed by atoms with Crippen LogP contribution in [0.15, 0.2) is 24.3 Å². The molecule has 0 aliphatic carbocycles. The van der Waals surface area contributed by atoms with Crippen LogP contribution in [0.2, 0.25) is 5.02 Å². The van der Waals surface area contributed by atoms with Gasteiger partial charge in [-0.25, -0.2) is 0 Å². The van der Waals surface area contributed by atoms with Crippen LogP contribution in [-0.2, 0) is 0 Å². The van der Waals surface area contributed by atoms with E-state index in [1.165, 1.54) is 0 Å². The van der Waals surface area contributed by atoms with Gasteiger partial charge in [0.05, 0.1) is 5.02 Å². The molecule has 1 aromatic rings. The van der Waals surface area contributed by atoms with Crippen molar-refractivity contribution in [2.75, 3.05) is 6.54 Å². The predicted octanol–water partition coefficient (Wildman–Crippen LogP) is 3.89. The van der Waals surface area contributed by atoms with Gasteiger partial charge < -0.3 is 10.1 Å². The van der Waals surface area contributed by atoms with Gasteiger partial charge in [-0.1, -0.05) is 37.6 Å². The Balaban J connectivity index is 2.39. The fourth-order valence-corrected chi connectivity index (χ4v) is 1.89. The summed E-state index contributed by atoms with van der Waals surface area (Å²) in [7, 11) is 0. The molecule has 0 amide bonds. The molecule has 0 aliphatic rings. The van der Waals surface area contributed by atoms with Gasteiger partial charge in [-0.05, 0) is 31.9 Å². The van der Waals surface area contributed by atoms with E-state index >= 15 is 0 Å². The molecule has 96 valence electrons. The Kier molecular flexibility index (Phi) is 6.38. The van der Waals surface area contributed by atoms with E-state index in [4.69, 9.17) is 16.3 Å². The van der Waals surface area contributed by atoms with Crippen molar-refractivity contribution >= 4 is 11.6 Å². The molecule has 0 spiro atoms. The van der Waals surface area contributed by atoms with Crippen LogP contribution in [0.3, 0.4) is 0 Å². The van der Waals surface area contributed by atoms with E-state index < -0.39 is 0 Å². The second-order valence-corrected chi connectivity index (χ2v) is 4.69. The number of hydrogen-bond donors (Lipinski definition) is 1. The highest BCUT2D eigenvalue weighted by Crippen LogP contribution is 2.24. The standard InChI is InChI=1S/C14H22ClNO/c1-4-12(5-2)16-10-11(3)17-14-9-7-6-8-13(14)15/h6-9,11-12,16H,4-5,10H2,1-3H3. The van der Waals surface area contributed by atoms with Gasteiger partial charge in [0.15, 0.2) is 0 Å². The molecular weight excluding hydrogens is 234 g/mol. The van der Waals surface area contributed by atoms with E-state index in [9.17, 15) is 0 Å². The first-order chi connectivity index (χ1) is 8.17. The van der Waals surface area contributed by atoms with Crippen molar-refractivity contribution in [1.29, 1.82) is 0 Å². The van der Waals surface area contributed by atoms with Crippen molar-refractivity contribution < 1.29 is 4.74 Å². The summed E-state index contributed by atoms with van der Waals surface area (Å²) in [6.45, 7) is 7.29. The Morgan fingerprint density at radius 1 is 1.24 bits per heavy atom. The van der Waals surface area contributed by atoms with Crippen LogP contribution in [0, 0.1) is 0 Å². The van der Waals surface area contributed by atoms with E-state index in [1.807, 2.05) is 24.3 Å². The number of benzene rings is 1. The summed E-state index contributed by atoms with van der Waals surface area (Å²) in [6, 6.07) is 8.16. The monoisotopic (exact) mass is 255 g/mol. The zero-order chi connectivity index (χ0) is 12.7. The summed E-state index contributed by atoms with van der Waals surface area (Å²) in [5, 5.41) is 4.16. The normalized spacial score (nSPS) is 12.8. The molecule has 1 rings (SSSR count). The highest BCUT2D eigenvalue weighted by Gasteiger charge is 2.09. The minimum atomic E-state index is 0.121. The number of nitrogens with one attached hydrogen (secondary N) is 1. The first-order valence-electron chi connectivity index (χ1n) is 6.31. The van der Waals surface area contributed by atoms with Crippen molar-refractivity contribution in [3.05, 3.63) is 29.3 Å². The van der Waals surface area contributed by atoms with E-state index in [0.717, 1.165) is 25.1 Å². The lowest BCUT2D eigenvalue weighted by atomic mass is 10.1. The van der Waals surface area contributed by atoms with Gasteiger partial charge in [0.1, 0.15) is 11.9 Å². The number of rotatable bonds is 7. The summed E-state index contributed by atoms with van der Waals surface area (Å²) in [6.07, 6.45) is 2.42. The third-order valence-electron chi connectivity index (χ3n) is 2.84. The molecule has 0 saturated carbocycles. The summed E-state index contributed by atoms with van der Waals surface area (Å²) in [4.78, 5) is 0. The van der Waals surface area contributed by atoms with Gasteiger partial charge in [0.2, 0.25) is 0 Å². The zero-order valence-electron chi connectivity index (χ0n) is 10.9. The van der Waals surface area contributed by atoms with E-state index in [-0.39, 0.29) is 6.10 Å². The van der Waals surface area contributed by atoms with Crippen LogP contribution in [0.4, 0.5) is 0 Å². The molecule has 0 fully saturated rings. The minimum Gasteiger partial charge on any atom is -0.488 e. The maximum atomic E-state index is 6.04. The largest absolute Gasteiger partial charge is 0.488 e. The number of ether oxygens (including phenoxy) is 1. The van der Waals surface area contributed by atoms with Crippen molar-refractivity contribution in [3.8, 4) is 5.75 Å². The number of halogens is 1. The quantitative estimate of drug-likeness (QED) is 0.798. The van der Waals surface area contributed by atoms with E-state index in [0.29, 0.717) is 11.1 Å². The maximum absolute atomic E-state index is 6.04. The highest BCUT2D eigenvalue weighted by molar-refractivity contribution is 6.32. The van der Waals surface area contributed by atoms with Gasteiger partial charge >= 0.3 is 0 Å². The van der Waals surface area contributed by atoms with E-state index in [1.54, 1.807) is 0 Å². The SMILES string of the molecule is CCC(CC)NCC(C)Oc1ccccc1Cl. The Labute approximate surface area is 109 Å². The Morgan fingerprint density at radius 2 is 1.88 bits per heavy atom. The second kappa shape index (κ2) is 7.57. The number of para-hydroxylation sites is 1. The molecule has 0 aliphatic heterocycles. The van der Waals surface area contributed by atoms with Crippen LogP contribution in [0.25, 0.3) is 0 Å². The first kappa shape index (κ1) is 14.3. The first-order valence-corrected chi connectivity index (χ1v) is 6.69. The Morgan fingerprint density at radius 3 is 2.47 bits per heavy atom. The molecule has 17 heavy (non-hydrogen) atoms. The van der Waals surface area contributed by atoms with Crippen molar-refractivity contribution in [3.63, 3.8) is 0 Å². The van der Waals surface area contributed by atoms with Crippen LogP contribution in [0.5, 0.6) is 5.75 Å². The summed E-state index contributed by atoms with van der Waals surface area (Å²) in [5.41, 5.74) is 0. The van der Waals surface area contributed by atoms with Crippen LogP contribution in [0.1, 0.15) is 33.6 Å². The molecule has 0 radical (unpaired) electrons. The third kappa shape index (κ3) is 4.97. The van der Waals surface area contributed by atoms with Crippen molar-refractivity contribution in [1.82, 2.24) is 5.32 Å². The highest BCUT2D eigenvalue weighted by atomic mass is 35.5. The van der Waals surface area contributed by atoms with E-state index in [2.05, 4.69) is 26.1 Å². The Hall–Kier alpha value is -0.730. The molecule has 3 heteroatoms. The smallest absolute Gasteiger partial charge is 0.138 e. The van der Waals surface area contributed by atoms with Crippen LogP contribution >= 0.6 is 11.6 Å². The minimum absolute atomic E-state index is 0.121. The third-order valence-corrected chi connectivity index (χ3v) is 3.16. The summed E-state index contributed by atoms with van der Waals surface area (Å²) < 4.78 is 5.79. The van der Waals surface area contributed by atoms with Gasteiger partial charge in [0.25, 0.3) is 0 Å². The van der Waals surface area contributed by atoms with Crippen molar-refractivity contribution in [2.45, 2.75) is 45.8 Å². The lowest BCUT2D eigenvalue weighted by molar-refractivity contribution is 0.210. The predicted molar refractivity (Wildman–Crippen MR) is 73.9 cm³/mol. The van der Waals surface area contributed by atoms with Crippen molar-refractivity contribution in [2.24, 2.45) is 0 Å². The summed E-state index contributed by atoms with van der Waals surface area (Å²) >= 11 is 6.04. The molecule has 0 heterocycles. The Bertz CT molecular complexity index is 326. The molecule has 2 nitrogen and oxygen atoms in total. The molecule has 1 unspecified atom stereocenters. The van der Waals surface area contributed by atoms with Gasteiger partial charge in [0, 0.05) is 12.6 Å². The topological polar surface area (TPSA) is 21.3 Å². The lowest BCUT2D eigenvalue weighted by Gasteiger charge is -2.20. The van der Waals surface area contributed by atoms with Gasteiger partial charge in [-0.15, -0.1) is 0 Å². The molecule has 0 aromatic heterocycles. The average Bonchev–Trinajstić information content (AvgIpc) is 2.33. The molecular formula is C14H22ClNO. The zero-order valence-corrected chi connectivity index (χ0v) is 11.6. The van der Waals surface area contributed by atoms with Gasteiger partial charge in [-0.3, -0.25) is 0 Å². The fourth-order valence-electron chi connectivity index (χ4n) is 1.71.